The third-order valence-corrected chi connectivity index (χ3v) is 2.36. The molecular weight excluding hydrogens is 174 g/mol. The van der Waals surface area contributed by atoms with Gasteiger partial charge in [-0.3, -0.25) is 0 Å². The van der Waals surface area contributed by atoms with E-state index in [4.69, 9.17) is 10.5 Å². The zero-order valence-electron chi connectivity index (χ0n) is 8.96. The average Bonchev–Trinajstić information content (AvgIpc) is 2.02. The summed E-state index contributed by atoms with van der Waals surface area (Å²) in [5, 5.41) is 16.7. The van der Waals surface area contributed by atoms with Crippen molar-refractivity contribution in [1.29, 1.82) is 5.41 Å². The van der Waals surface area contributed by atoms with Crippen LogP contribution in [0.3, 0.4) is 0 Å². The summed E-state index contributed by atoms with van der Waals surface area (Å²) in [7, 11) is 0. The lowest BCUT2D eigenvalue weighted by Crippen LogP contribution is -2.20. The number of hydrogen-bond donors (Lipinski definition) is 2. The Morgan fingerprint density at radius 2 is 1.79 bits per heavy atom. The molecule has 0 saturated heterocycles. The SMILES string of the molecule is CC(=N)CC(C)(C)c1ccc(O)cc1. The fraction of sp³-hybridized carbons (Fsp3) is 0.417. The molecule has 76 valence electrons. The maximum absolute atomic E-state index is 9.16. The van der Waals surface area contributed by atoms with Gasteiger partial charge in [-0.2, -0.15) is 0 Å². The predicted molar refractivity (Wildman–Crippen MR) is 59.2 cm³/mol. The van der Waals surface area contributed by atoms with Gasteiger partial charge in [-0.15, -0.1) is 0 Å². The first-order chi connectivity index (χ1) is 6.42. The van der Waals surface area contributed by atoms with Crippen LogP contribution in [0.5, 0.6) is 5.75 Å². The first-order valence-electron chi connectivity index (χ1n) is 4.75. The Morgan fingerprint density at radius 1 is 1.29 bits per heavy atom. The lowest BCUT2D eigenvalue weighted by atomic mass is 9.80. The second-order valence-electron chi connectivity index (χ2n) is 4.39. The van der Waals surface area contributed by atoms with Gasteiger partial charge in [0.1, 0.15) is 5.75 Å². The van der Waals surface area contributed by atoms with Crippen LogP contribution in [0.25, 0.3) is 0 Å². The summed E-state index contributed by atoms with van der Waals surface area (Å²) in [6, 6.07) is 7.21. The minimum absolute atomic E-state index is 0.0282. The Balaban J connectivity index is 2.91. The molecule has 1 aromatic rings. The highest BCUT2D eigenvalue weighted by atomic mass is 16.3. The minimum atomic E-state index is -0.0282. The van der Waals surface area contributed by atoms with Crippen LogP contribution >= 0.6 is 0 Å². The predicted octanol–water partition coefficient (Wildman–Crippen LogP) is 3.10. The van der Waals surface area contributed by atoms with E-state index in [1.54, 1.807) is 12.1 Å². The number of aromatic hydroxyl groups is 1. The fourth-order valence-corrected chi connectivity index (χ4v) is 1.68. The molecular formula is C12H17NO. The standard InChI is InChI=1S/C12H17NO/c1-9(13)8-12(2,3)10-4-6-11(14)7-5-10/h4-7,13-14H,8H2,1-3H3. The Morgan fingerprint density at radius 3 is 2.21 bits per heavy atom. The number of benzene rings is 1. The highest BCUT2D eigenvalue weighted by Gasteiger charge is 2.20. The lowest BCUT2D eigenvalue weighted by molar-refractivity contribution is 0.473. The second-order valence-corrected chi connectivity index (χ2v) is 4.39. The van der Waals surface area contributed by atoms with E-state index in [-0.39, 0.29) is 11.2 Å². The first-order valence-corrected chi connectivity index (χ1v) is 4.75. The van der Waals surface area contributed by atoms with Gasteiger partial charge < -0.3 is 10.5 Å². The van der Waals surface area contributed by atoms with Gasteiger partial charge in [0.25, 0.3) is 0 Å². The van der Waals surface area contributed by atoms with Crippen molar-refractivity contribution in [1.82, 2.24) is 0 Å². The van der Waals surface area contributed by atoms with Crippen LogP contribution in [0, 0.1) is 5.41 Å². The molecule has 0 radical (unpaired) electrons. The molecule has 0 heterocycles. The summed E-state index contributed by atoms with van der Waals surface area (Å²) in [4.78, 5) is 0. The second kappa shape index (κ2) is 3.82. The minimum Gasteiger partial charge on any atom is -0.508 e. The Bertz CT molecular complexity index is 325. The fourth-order valence-electron chi connectivity index (χ4n) is 1.68. The molecule has 2 N–H and O–H groups in total. The van der Waals surface area contributed by atoms with Gasteiger partial charge in [-0.1, -0.05) is 26.0 Å². The quantitative estimate of drug-likeness (QED) is 0.708. The van der Waals surface area contributed by atoms with E-state index in [0.29, 0.717) is 5.71 Å². The third kappa shape index (κ3) is 2.59. The van der Waals surface area contributed by atoms with Crippen LogP contribution in [-0.2, 0) is 5.41 Å². The van der Waals surface area contributed by atoms with E-state index < -0.39 is 0 Å². The topological polar surface area (TPSA) is 44.1 Å². The maximum atomic E-state index is 9.16. The number of nitrogens with one attached hydrogen (secondary N) is 1. The third-order valence-electron chi connectivity index (χ3n) is 2.36. The summed E-state index contributed by atoms with van der Waals surface area (Å²) in [6.07, 6.45) is 0.748. The molecule has 2 nitrogen and oxygen atoms in total. The van der Waals surface area contributed by atoms with Crippen LogP contribution < -0.4 is 0 Å². The van der Waals surface area contributed by atoms with E-state index in [1.807, 2.05) is 19.1 Å². The van der Waals surface area contributed by atoms with Gasteiger partial charge in [0.2, 0.25) is 0 Å². The summed E-state index contributed by atoms with van der Waals surface area (Å²) in [6.45, 7) is 6.04. The van der Waals surface area contributed by atoms with Gasteiger partial charge in [0, 0.05) is 5.71 Å². The number of hydrogen-bond acceptors (Lipinski definition) is 2. The van der Waals surface area contributed by atoms with Gasteiger partial charge in [-0.25, -0.2) is 0 Å². The molecule has 0 atom stereocenters. The highest BCUT2D eigenvalue weighted by molar-refractivity contribution is 5.80. The summed E-state index contributed by atoms with van der Waals surface area (Å²) < 4.78 is 0. The van der Waals surface area contributed by atoms with Crippen molar-refractivity contribution in [3.63, 3.8) is 0 Å². The van der Waals surface area contributed by atoms with Crippen molar-refractivity contribution in [2.24, 2.45) is 0 Å². The van der Waals surface area contributed by atoms with Crippen molar-refractivity contribution >= 4 is 5.71 Å². The van der Waals surface area contributed by atoms with Gasteiger partial charge in [-0.05, 0) is 36.5 Å². The summed E-state index contributed by atoms with van der Waals surface area (Å²) in [5.74, 6) is 0.288. The Hall–Kier alpha value is -1.31. The molecule has 0 unspecified atom stereocenters. The molecule has 0 saturated carbocycles. The summed E-state index contributed by atoms with van der Waals surface area (Å²) in [5.41, 5.74) is 1.81. The van der Waals surface area contributed by atoms with Gasteiger partial charge >= 0.3 is 0 Å². The van der Waals surface area contributed by atoms with Crippen molar-refractivity contribution in [3.8, 4) is 5.75 Å². The zero-order chi connectivity index (χ0) is 10.8. The average molecular weight is 191 g/mol. The molecule has 0 amide bonds. The van der Waals surface area contributed by atoms with E-state index in [2.05, 4.69) is 13.8 Å². The Kier molecular flexibility index (Phi) is 2.94. The Labute approximate surface area is 85.1 Å². The number of rotatable bonds is 3. The first kappa shape index (κ1) is 10.8. The van der Waals surface area contributed by atoms with E-state index in [1.165, 1.54) is 0 Å². The molecule has 0 bridgehead atoms. The van der Waals surface area contributed by atoms with E-state index in [0.717, 1.165) is 12.0 Å². The van der Waals surface area contributed by atoms with Gasteiger partial charge in [0.15, 0.2) is 0 Å². The smallest absolute Gasteiger partial charge is 0.115 e. The largest absolute Gasteiger partial charge is 0.508 e. The number of phenols is 1. The molecule has 2 heteroatoms. The molecule has 0 aromatic heterocycles. The highest BCUT2D eigenvalue weighted by Crippen LogP contribution is 2.28. The molecule has 0 fully saturated rings. The molecule has 0 spiro atoms. The molecule has 0 aliphatic heterocycles. The maximum Gasteiger partial charge on any atom is 0.115 e. The van der Waals surface area contributed by atoms with Crippen LogP contribution in [-0.4, -0.2) is 10.8 Å². The zero-order valence-corrected chi connectivity index (χ0v) is 8.96. The number of phenolic OH excluding ortho intramolecular Hbond substituents is 1. The monoisotopic (exact) mass is 191 g/mol. The van der Waals surface area contributed by atoms with Crippen molar-refractivity contribution in [2.45, 2.75) is 32.6 Å². The normalized spacial score (nSPS) is 11.4. The van der Waals surface area contributed by atoms with Crippen LogP contribution in [0.4, 0.5) is 0 Å². The molecule has 14 heavy (non-hydrogen) atoms. The molecule has 1 aromatic carbocycles. The van der Waals surface area contributed by atoms with Crippen LogP contribution in [0.2, 0.25) is 0 Å². The lowest BCUT2D eigenvalue weighted by Gasteiger charge is -2.24. The van der Waals surface area contributed by atoms with Crippen molar-refractivity contribution < 1.29 is 5.11 Å². The van der Waals surface area contributed by atoms with Crippen LogP contribution in [0.1, 0.15) is 32.8 Å². The van der Waals surface area contributed by atoms with Gasteiger partial charge in [0.05, 0.1) is 0 Å². The van der Waals surface area contributed by atoms with Crippen molar-refractivity contribution in [2.75, 3.05) is 0 Å². The van der Waals surface area contributed by atoms with Crippen LogP contribution in [0.15, 0.2) is 24.3 Å². The van der Waals surface area contributed by atoms with Crippen molar-refractivity contribution in [3.05, 3.63) is 29.8 Å². The molecule has 1 rings (SSSR count). The molecule has 0 aliphatic rings. The summed E-state index contributed by atoms with van der Waals surface area (Å²) >= 11 is 0. The van der Waals surface area contributed by atoms with E-state index >= 15 is 0 Å². The molecule has 0 aliphatic carbocycles. The van der Waals surface area contributed by atoms with E-state index in [9.17, 15) is 0 Å².